The van der Waals surface area contributed by atoms with Gasteiger partial charge in [-0.1, -0.05) is 0 Å². The first-order chi connectivity index (χ1) is 5.44. The van der Waals surface area contributed by atoms with Crippen LogP contribution < -0.4 is 0 Å². The highest BCUT2D eigenvalue weighted by Gasteiger charge is 2.65. The van der Waals surface area contributed by atoms with E-state index in [9.17, 15) is 4.79 Å². The predicted octanol–water partition coefficient (Wildman–Crippen LogP) is -4.43. The molecule has 7 N–H and O–H groups in total. The summed E-state index contributed by atoms with van der Waals surface area (Å²) >= 11 is 0. The van der Waals surface area contributed by atoms with Crippen LogP contribution in [-0.2, 0) is 4.79 Å². The molecule has 0 aromatic carbocycles. The minimum atomic E-state index is -4.18. The van der Waals surface area contributed by atoms with Crippen LogP contribution in [0.4, 0.5) is 0 Å². The highest BCUT2D eigenvalue weighted by molar-refractivity contribution is 5.86. The molecule has 0 aliphatic heterocycles. The Morgan fingerprint density at radius 1 is 0.846 bits per heavy atom. The van der Waals surface area contributed by atoms with E-state index in [-0.39, 0.29) is 0 Å². The van der Waals surface area contributed by atoms with E-state index in [0.717, 1.165) is 0 Å². The second-order valence-corrected chi connectivity index (χ2v) is 2.54. The average Bonchev–Trinajstić information content (AvgIpc) is 1.80. The van der Waals surface area contributed by atoms with Crippen molar-refractivity contribution in [1.82, 2.24) is 0 Å². The quantitative estimate of drug-likeness (QED) is 0.224. The first kappa shape index (κ1) is 12.4. The molecule has 0 aromatic rings. The maximum atomic E-state index is 10.5. The molecule has 0 unspecified atom stereocenters. The number of carbonyl (C=O) groups is 1. The summed E-state index contributed by atoms with van der Waals surface area (Å²) in [5, 5.41) is 59.3. The van der Waals surface area contributed by atoms with E-state index in [4.69, 9.17) is 35.7 Å². The average molecular weight is 198 g/mol. The maximum Gasteiger partial charge on any atom is 0.322 e. The number of ketones is 1. The zero-order chi connectivity index (χ0) is 11.1. The number of aliphatic hydroxyl groups is 7. The van der Waals surface area contributed by atoms with E-state index >= 15 is 0 Å². The second kappa shape index (κ2) is 2.96. The molecule has 0 spiro atoms. The molecule has 0 heterocycles. The molecule has 0 radical (unpaired) electrons. The molecule has 0 saturated carbocycles. The molecule has 0 rings (SSSR count). The van der Waals surface area contributed by atoms with Crippen LogP contribution in [0, 0.1) is 0 Å². The van der Waals surface area contributed by atoms with Crippen molar-refractivity contribution in [3.05, 3.63) is 0 Å². The van der Waals surface area contributed by atoms with Gasteiger partial charge in [-0.2, -0.15) is 0 Å². The SMILES string of the molecule is CC(=O)C(O)(C(O)(O)O)C(O)(O)O. The smallest absolute Gasteiger partial charge is 0.322 e. The summed E-state index contributed by atoms with van der Waals surface area (Å²) in [6.07, 6.45) is 0. The van der Waals surface area contributed by atoms with Gasteiger partial charge >= 0.3 is 11.9 Å². The molecule has 0 atom stereocenters. The van der Waals surface area contributed by atoms with Crippen molar-refractivity contribution in [2.24, 2.45) is 0 Å². The summed E-state index contributed by atoms with van der Waals surface area (Å²) in [6, 6.07) is 0. The van der Waals surface area contributed by atoms with Crippen LogP contribution in [0.15, 0.2) is 0 Å². The molecule has 0 aliphatic rings. The third-order valence-corrected chi connectivity index (χ3v) is 1.48. The van der Waals surface area contributed by atoms with E-state index < -0.39 is 23.3 Å². The summed E-state index contributed by atoms with van der Waals surface area (Å²) < 4.78 is 0. The van der Waals surface area contributed by atoms with Crippen molar-refractivity contribution >= 4 is 5.78 Å². The summed E-state index contributed by atoms with van der Waals surface area (Å²) in [5.41, 5.74) is -3.93. The molecule has 13 heavy (non-hydrogen) atoms. The van der Waals surface area contributed by atoms with Crippen molar-refractivity contribution in [3.8, 4) is 0 Å². The first-order valence-corrected chi connectivity index (χ1v) is 3.02. The van der Waals surface area contributed by atoms with Crippen LogP contribution in [0.2, 0.25) is 0 Å². The predicted molar refractivity (Wildman–Crippen MR) is 34.4 cm³/mol. The van der Waals surface area contributed by atoms with Gasteiger partial charge in [0.25, 0.3) is 5.60 Å². The zero-order valence-electron chi connectivity index (χ0n) is 6.54. The molecule has 0 bridgehead atoms. The van der Waals surface area contributed by atoms with Gasteiger partial charge in [0, 0.05) is 0 Å². The Kier molecular flexibility index (Phi) is 2.82. The fourth-order valence-corrected chi connectivity index (χ4v) is 0.697. The third kappa shape index (κ3) is 1.84. The Morgan fingerprint density at radius 2 is 1.08 bits per heavy atom. The Bertz CT molecular complexity index is 194. The lowest BCUT2D eigenvalue weighted by molar-refractivity contribution is -0.477. The van der Waals surface area contributed by atoms with Gasteiger partial charge < -0.3 is 35.7 Å². The van der Waals surface area contributed by atoms with E-state index in [1.165, 1.54) is 0 Å². The molecule has 78 valence electrons. The molecule has 0 amide bonds. The van der Waals surface area contributed by atoms with Crippen molar-refractivity contribution in [1.29, 1.82) is 0 Å². The number of rotatable bonds is 3. The van der Waals surface area contributed by atoms with Crippen LogP contribution in [0.3, 0.4) is 0 Å². The topological polar surface area (TPSA) is 159 Å². The van der Waals surface area contributed by atoms with Crippen molar-refractivity contribution in [2.45, 2.75) is 24.5 Å². The van der Waals surface area contributed by atoms with Crippen LogP contribution in [0.1, 0.15) is 6.92 Å². The molecule has 8 nitrogen and oxygen atoms in total. The van der Waals surface area contributed by atoms with E-state index in [0.29, 0.717) is 6.92 Å². The Balaban J connectivity index is 5.35. The number of Topliss-reactive ketones (excluding diaryl/α,β-unsaturated/α-hetero) is 1. The number of hydrogen-bond donors (Lipinski definition) is 7. The van der Waals surface area contributed by atoms with Gasteiger partial charge in [0.05, 0.1) is 0 Å². The second-order valence-electron chi connectivity index (χ2n) is 2.54. The minimum Gasteiger partial charge on any atom is -0.369 e. The lowest BCUT2D eigenvalue weighted by Gasteiger charge is -2.37. The minimum absolute atomic E-state index is 0.495. The lowest BCUT2D eigenvalue weighted by Crippen LogP contribution is -2.71. The maximum absolute atomic E-state index is 10.5. The lowest BCUT2D eigenvalue weighted by atomic mass is 9.93. The van der Waals surface area contributed by atoms with Crippen LogP contribution >= 0.6 is 0 Å². The zero-order valence-corrected chi connectivity index (χ0v) is 6.54. The van der Waals surface area contributed by atoms with Gasteiger partial charge in [-0.15, -0.1) is 0 Å². The molecule has 0 fully saturated rings. The van der Waals surface area contributed by atoms with Gasteiger partial charge in [0.15, 0.2) is 5.78 Å². The standard InChI is InChI=1S/C5H10O8/c1-2(6)3(7,4(8,9)10)5(11,12)13/h7-13H,1H3. The number of carbonyl (C=O) groups excluding carboxylic acids is 1. The fraction of sp³-hybridized carbons (Fsp3) is 0.800. The summed E-state index contributed by atoms with van der Waals surface area (Å²) in [7, 11) is 0. The van der Waals surface area contributed by atoms with Crippen LogP contribution in [-0.4, -0.2) is 59.1 Å². The van der Waals surface area contributed by atoms with Crippen molar-refractivity contribution in [3.63, 3.8) is 0 Å². The van der Waals surface area contributed by atoms with Crippen molar-refractivity contribution < 1.29 is 40.5 Å². The molecular formula is C5H10O8. The van der Waals surface area contributed by atoms with E-state index in [2.05, 4.69) is 0 Å². The monoisotopic (exact) mass is 198 g/mol. The first-order valence-electron chi connectivity index (χ1n) is 3.02. The molecule has 0 saturated heterocycles. The van der Waals surface area contributed by atoms with Gasteiger partial charge in [-0.3, -0.25) is 4.79 Å². The summed E-state index contributed by atoms with van der Waals surface area (Å²) in [6.45, 7) is 0.495. The Labute approximate surface area is 71.9 Å². The Morgan fingerprint density at radius 3 is 1.08 bits per heavy atom. The van der Waals surface area contributed by atoms with Gasteiger partial charge in [0.1, 0.15) is 0 Å². The van der Waals surface area contributed by atoms with Gasteiger partial charge in [-0.25, -0.2) is 0 Å². The number of hydrogen-bond acceptors (Lipinski definition) is 8. The summed E-state index contributed by atoms with van der Waals surface area (Å²) in [4.78, 5) is 10.5. The fourth-order valence-electron chi connectivity index (χ4n) is 0.697. The highest BCUT2D eigenvalue weighted by Crippen LogP contribution is 2.27. The van der Waals surface area contributed by atoms with Gasteiger partial charge in [-0.05, 0) is 6.92 Å². The van der Waals surface area contributed by atoms with Crippen molar-refractivity contribution in [2.75, 3.05) is 0 Å². The van der Waals surface area contributed by atoms with Crippen LogP contribution in [0.25, 0.3) is 0 Å². The van der Waals surface area contributed by atoms with E-state index in [1.54, 1.807) is 0 Å². The molecular weight excluding hydrogens is 188 g/mol. The van der Waals surface area contributed by atoms with E-state index in [1.807, 2.05) is 0 Å². The summed E-state index contributed by atoms with van der Waals surface area (Å²) in [5.74, 6) is -10.0. The van der Waals surface area contributed by atoms with Crippen LogP contribution in [0.5, 0.6) is 0 Å². The molecule has 0 aliphatic carbocycles. The normalized spacial score (nSPS) is 14.5. The Hall–Kier alpha value is -0.610. The van der Waals surface area contributed by atoms with Gasteiger partial charge in [0.2, 0.25) is 0 Å². The third-order valence-electron chi connectivity index (χ3n) is 1.48. The molecule has 0 aromatic heterocycles. The highest BCUT2D eigenvalue weighted by atomic mass is 16.7. The largest absolute Gasteiger partial charge is 0.369 e. The molecule has 8 heteroatoms.